The van der Waals surface area contributed by atoms with Gasteiger partial charge in [0, 0.05) is 18.0 Å². The van der Waals surface area contributed by atoms with Gasteiger partial charge in [-0.3, -0.25) is 4.90 Å². The van der Waals surface area contributed by atoms with E-state index < -0.39 is 0 Å². The highest BCUT2D eigenvalue weighted by Crippen LogP contribution is 2.26. The molecule has 1 aliphatic rings. The first-order valence-corrected chi connectivity index (χ1v) is 8.23. The van der Waals surface area contributed by atoms with Gasteiger partial charge in [0.25, 0.3) is 0 Å². The standard InChI is InChI=1S/C17H21NOS/c1-2-5-15(6-3-1)16-13-17(20-14-16)7-4-8-18-9-11-19-12-10-18/h1-3,5-6,13-14H,4,7-12H2. The van der Waals surface area contributed by atoms with Crippen LogP contribution in [0.1, 0.15) is 11.3 Å². The van der Waals surface area contributed by atoms with E-state index in [2.05, 4.69) is 46.7 Å². The van der Waals surface area contributed by atoms with Crippen LogP contribution in [0.5, 0.6) is 0 Å². The maximum absolute atomic E-state index is 5.38. The zero-order valence-corrected chi connectivity index (χ0v) is 12.6. The van der Waals surface area contributed by atoms with E-state index in [0.29, 0.717) is 0 Å². The van der Waals surface area contributed by atoms with E-state index in [4.69, 9.17) is 4.74 Å². The molecule has 1 fully saturated rings. The summed E-state index contributed by atoms with van der Waals surface area (Å²) < 4.78 is 5.38. The predicted octanol–water partition coefficient (Wildman–Crippen LogP) is 3.68. The van der Waals surface area contributed by atoms with Crippen LogP contribution in [0.4, 0.5) is 0 Å². The Morgan fingerprint density at radius 3 is 2.65 bits per heavy atom. The summed E-state index contributed by atoms with van der Waals surface area (Å²) in [7, 11) is 0. The minimum absolute atomic E-state index is 0.900. The van der Waals surface area contributed by atoms with Crippen LogP contribution in [0.15, 0.2) is 41.8 Å². The number of ether oxygens (including phenoxy) is 1. The molecule has 1 aromatic heterocycles. The summed E-state index contributed by atoms with van der Waals surface area (Å²) in [6, 6.07) is 13.0. The zero-order chi connectivity index (χ0) is 13.6. The van der Waals surface area contributed by atoms with Gasteiger partial charge in [-0.2, -0.15) is 0 Å². The van der Waals surface area contributed by atoms with Crippen molar-refractivity contribution in [3.8, 4) is 11.1 Å². The normalized spacial score (nSPS) is 16.4. The lowest BCUT2D eigenvalue weighted by Crippen LogP contribution is -2.36. The quantitative estimate of drug-likeness (QED) is 0.832. The summed E-state index contributed by atoms with van der Waals surface area (Å²) in [5.74, 6) is 0. The van der Waals surface area contributed by atoms with Gasteiger partial charge in [0.2, 0.25) is 0 Å². The first kappa shape index (κ1) is 13.8. The molecule has 0 radical (unpaired) electrons. The number of rotatable bonds is 5. The minimum atomic E-state index is 0.900. The van der Waals surface area contributed by atoms with E-state index in [1.54, 1.807) is 0 Å². The van der Waals surface area contributed by atoms with Gasteiger partial charge in [-0.25, -0.2) is 0 Å². The number of hydrogen-bond donors (Lipinski definition) is 0. The van der Waals surface area contributed by atoms with E-state index in [0.717, 1.165) is 26.3 Å². The average molecular weight is 287 g/mol. The zero-order valence-electron chi connectivity index (χ0n) is 11.8. The first-order chi connectivity index (χ1) is 9.92. The maximum atomic E-state index is 5.38. The molecule has 1 aromatic carbocycles. The largest absolute Gasteiger partial charge is 0.379 e. The third-order valence-corrected chi connectivity index (χ3v) is 4.76. The Kier molecular flexibility index (Phi) is 4.85. The van der Waals surface area contributed by atoms with E-state index >= 15 is 0 Å². The Balaban J connectivity index is 1.50. The second-order valence-electron chi connectivity index (χ2n) is 5.23. The van der Waals surface area contributed by atoms with E-state index in [1.807, 2.05) is 11.3 Å². The Hall–Kier alpha value is -1.16. The molecule has 0 aliphatic carbocycles. The Bertz CT molecular complexity index is 517. The third-order valence-electron chi connectivity index (χ3n) is 3.76. The van der Waals surface area contributed by atoms with Gasteiger partial charge >= 0.3 is 0 Å². The lowest BCUT2D eigenvalue weighted by atomic mass is 10.1. The fourth-order valence-electron chi connectivity index (χ4n) is 2.60. The molecule has 2 aromatic rings. The molecule has 0 N–H and O–H groups in total. The van der Waals surface area contributed by atoms with E-state index in [-0.39, 0.29) is 0 Å². The number of benzene rings is 1. The van der Waals surface area contributed by atoms with Crippen molar-refractivity contribution in [2.24, 2.45) is 0 Å². The molecule has 0 bridgehead atoms. The van der Waals surface area contributed by atoms with Crippen LogP contribution in [0.2, 0.25) is 0 Å². The van der Waals surface area contributed by atoms with Crippen molar-refractivity contribution in [3.05, 3.63) is 46.7 Å². The van der Waals surface area contributed by atoms with Crippen LogP contribution in [0.3, 0.4) is 0 Å². The summed E-state index contributed by atoms with van der Waals surface area (Å²) in [5, 5.41) is 2.28. The molecule has 0 saturated carbocycles. The van der Waals surface area contributed by atoms with Crippen molar-refractivity contribution in [3.63, 3.8) is 0 Å². The molecule has 2 nitrogen and oxygen atoms in total. The molecule has 0 amide bonds. The van der Waals surface area contributed by atoms with Gasteiger partial charge in [-0.1, -0.05) is 30.3 Å². The molecule has 0 spiro atoms. The van der Waals surface area contributed by atoms with Gasteiger partial charge in [-0.15, -0.1) is 11.3 Å². The number of aryl methyl sites for hydroxylation is 1. The van der Waals surface area contributed by atoms with E-state index in [9.17, 15) is 0 Å². The summed E-state index contributed by atoms with van der Waals surface area (Å²) in [5.41, 5.74) is 2.68. The average Bonchev–Trinajstić information content (AvgIpc) is 2.98. The highest BCUT2D eigenvalue weighted by molar-refractivity contribution is 7.10. The van der Waals surface area contributed by atoms with Crippen molar-refractivity contribution >= 4 is 11.3 Å². The summed E-state index contributed by atoms with van der Waals surface area (Å²) in [6.07, 6.45) is 2.43. The van der Waals surface area contributed by atoms with Gasteiger partial charge in [0.05, 0.1) is 13.2 Å². The Morgan fingerprint density at radius 2 is 1.85 bits per heavy atom. The molecular formula is C17H21NOS. The smallest absolute Gasteiger partial charge is 0.0594 e. The van der Waals surface area contributed by atoms with Gasteiger partial charge in [0.1, 0.15) is 0 Å². The van der Waals surface area contributed by atoms with Crippen LogP contribution in [0, 0.1) is 0 Å². The second kappa shape index (κ2) is 7.02. The van der Waals surface area contributed by atoms with Crippen LogP contribution < -0.4 is 0 Å². The molecule has 3 rings (SSSR count). The lowest BCUT2D eigenvalue weighted by molar-refractivity contribution is 0.0375. The maximum Gasteiger partial charge on any atom is 0.0594 e. The SMILES string of the molecule is c1ccc(-c2csc(CCCN3CCOCC3)c2)cc1. The van der Waals surface area contributed by atoms with Gasteiger partial charge in [0.15, 0.2) is 0 Å². The fourth-order valence-corrected chi connectivity index (χ4v) is 3.54. The Labute approximate surface area is 125 Å². The predicted molar refractivity (Wildman–Crippen MR) is 85.3 cm³/mol. The van der Waals surface area contributed by atoms with Crippen molar-refractivity contribution < 1.29 is 4.74 Å². The molecule has 1 saturated heterocycles. The van der Waals surface area contributed by atoms with E-state index in [1.165, 1.54) is 35.4 Å². The molecule has 0 atom stereocenters. The first-order valence-electron chi connectivity index (χ1n) is 7.35. The van der Waals surface area contributed by atoms with Crippen LogP contribution in [-0.2, 0) is 11.2 Å². The van der Waals surface area contributed by atoms with Crippen LogP contribution in [-0.4, -0.2) is 37.7 Å². The highest BCUT2D eigenvalue weighted by atomic mass is 32.1. The molecule has 20 heavy (non-hydrogen) atoms. The second-order valence-corrected chi connectivity index (χ2v) is 6.22. The van der Waals surface area contributed by atoms with Crippen LogP contribution in [0.25, 0.3) is 11.1 Å². The highest BCUT2D eigenvalue weighted by Gasteiger charge is 2.09. The number of morpholine rings is 1. The summed E-state index contributed by atoms with van der Waals surface area (Å²) in [4.78, 5) is 4.01. The molecule has 106 valence electrons. The van der Waals surface area contributed by atoms with Crippen molar-refractivity contribution in [1.29, 1.82) is 0 Å². The lowest BCUT2D eigenvalue weighted by Gasteiger charge is -2.26. The number of hydrogen-bond acceptors (Lipinski definition) is 3. The third kappa shape index (κ3) is 3.69. The van der Waals surface area contributed by atoms with Crippen molar-refractivity contribution in [2.45, 2.75) is 12.8 Å². The summed E-state index contributed by atoms with van der Waals surface area (Å²) in [6.45, 7) is 5.19. The monoisotopic (exact) mass is 287 g/mol. The molecular weight excluding hydrogens is 266 g/mol. The number of nitrogens with zero attached hydrogens (tertiary/aromatic N) is 1. The van der Waals surface area contributed by atoms with Gasteiger partial charge < -0.3 is 4.74 Å². The summed E-state index contributed by atoms with van der Waals surface area (Å²) >= 11 is 1.89. The van der Waals surface area contributed by atoms with Crippen molar-refractivity contribution in [2.75, 3.05) is 32.8 Å². The topological polar surface area (TPSA) is 12.5 Å². The molecule has 1 aliphatic heterocycles. The van der Waals surface area contributed by atoms with Crippen LogP contribution >= 0.6 is 11.3 Å². The number of thiophene rings is 1. The molecule has 2 heterocycles. The Morgan fingerprint density at radius 1 is 1.05 bits per heavy atom. The molecule has 3 heteroatoms. The van der Waals surface area contributed by atoms with Gasteiger partial charge in [-0.05, 0) is 42.0 Å². The molecule has 0 unspecified atom stereocenters. The van der Waals surface area contributed by atoms with Crippen molar-refractivity contribution in [1.82, 2.24) is 4.90 Å². The minimum Gasteiger partial charge on any atom is -0.379 e. The fraction of sp³-hybridized carbons (Fsp3) is 0.412.